The Morgan fingerprint density at radius 3 is 2.60 bits per heavy atom. The monoisotopic (exact) mass is 203 g/mol. The third-order valence-corrected chi connectivity index (χ3v) is 2.69. The Kier molecular flexibility index (Phi) is 2.46. The van der Waals surface area contributed by atoms with Gasteiger partial charge in [-0.15, -0.1) is 0 Å². The Balaban J connectivity index is 2.39. The first-order chi connectivity index (χ1) is 7.20. The molecule has 0 radical (unpaired) electrons. The van der Waals surface area contributed by atoms with E-state index in [0.717, 1.165) is 24.3 Å². The number of anilines is 1. The summed E-state index contributed by atoms with van der Waals surface area (Å²) in [4.78, 5) is 13.1. The van der Waals surface area contributed by atoms with Gasteiger partial charge in [-0.3, -0.25) is 0 Å². The second-order valence-corrected chi connectivity index (χ2v) is 3.63. The van der Waals surface area contributed by atoms with Crippen molar-refractivity contribution >= 4 is 11.7 Å². The van der Waals surface area contributed by atoms with E-state index in [0.29, 0.717) is 5.56 Å². The van der Waals surface area contributed by atoms with Gasteiger partial charge in [0.15, 0.2) is 0 Å². The minimum atomic E-state index is -0.860. The van der Waals surface area contributed by atoms with Crippen LogP contribution < -0.4 is 4.90 Å². The predicted molar refractivity (Wildman–Crippen MR) is 59.5 cm³/mol. The number of hydrogen-bond donors (Lipinski definition) is 1. The third kappa shape index (κ3) is 1.73. The van der Waals surface area contributed by atoms with Gasteiger partial charge in [0.2, 0.25) is 0 Å². The maximum atomic E-state index is 11.0. The lowest BCUT2D eigenvalue weighted by Gasteiger charge is -2.20. The van der Waals surface area contributed by atoms with E-state index in [1.807, 2.05) is 13.0 Å². The van der Waals surface area contributed by atoms with Crippen LogP contribution >= 0.6 is 0 Å². The van der Waals surface area contributed by atoms with Gasteiger partial charge in [0.1, 0.15) is 0 Å². The van der Waals surface area contributed by atoms with Crippen LogP contribution in [-0.4, -0.2) is 24.2 Å². The minimum Gasteiger partial charge on any atom is -0.478 e. The topological polar surface area (TPSA) is 40.5 Å². The number of hydrogen-bond acceptors (Lipinski definition) is 2. The molecule has 3 heteroatoms. The second kappa shape index (κ2) is 3.77. The molecule has 3 nitrogen and oxygen atoms in total. The van der Waals surface area contributed by atoms with Crippen molar-refractivity contribution in [1.29, 1.82) is 0 Å². The molecule has 78 valence electrons. The number of carboxylic acids is 1. The van der Waals surface area contributed by atoms with Crippen LogP contribution in [0, 0.1) is 6.92 Å². The maximum absolute atomic E-state index is 11.0. The van der Waals surface area contributed by atoms with Crippen molar-refractivity contribution in [3.05, 3.63) is 41.5 Å². The highest BCUT2D eigenvalue weighted by Gasteiger charge is 2.15. The first-order valence-corrected chi connectivity index (χ1v) is 4.93. The summed E-state index contributed by atoms with van der Waals surface area (Å²) in [7, 11) is 0. The van der Waals surface area contributed by atoms with E-state index in [2.05, 4.69) is 17.1 Å². The van der Waals surface area contributed by atoms with Crippen molar-refractivity contribution in [3.8, 4) is 0 Å². The number of carboxylic acid groups (broad SMARTS) is 1. The van der Waals surface area contributed by atoms with Crippen LogP contribution in [0.2, 0.25) is 0 Å². The summed E-state index contributed by atoms with van der Waals surface area (Å²) in [6.07, 6.45) is 4.18. The summed E-state index contributed by atoms with van der Waals surface area (Å²) >= 11 is 0. The molecule has 1 aliphatic rings. The van der Waals surface area contributed by atoms with Gasteiger partial charge in [0, 0.05) is 18.8 Å². The summed E-state index contributed by atoms with van der Waals surface area (Å²) < 4.78 is 0. The van der Waals surface area contributed by atoms with E-state index < -0.39 is 5.97 Å². The molecular formula is C12H13NO2. The summed E-state index contributed by atoms with van der Waals surface area (Å²) in [5.41, 5.74) is 2.24. The van der Waals surface area contributed by atoms with E-state index in [-0.39, 0.29) is 0 Å². The van der Waals surface area contributed by atoms with Crippen molar-refractivity contribution in [2.24, 2.45) is 0 Å². The van der Waals surface area contributed by atoms with Crippen LogP contribution in [-0.2, 0) is 0 Å². The fourth-order valence-electron chi connectivity index (χ4n) is 1.87. The fraction of sp³-hybridized carbons (Fsp3) is 0.250. The quantitative estimate of drug-likeness (QED) is 0.748. The van der Waals surface area contributed by atoms with E-state index in [9.17, 15) is 4.79 Å². The van der Waals surface area contributed by atoms with Crippen molar-refractivity contribution < 1.29 is 9.90 Å². The molecule has 1 aliphatic heterocycles. The van der Waals surface area contributed by atoms with Crippen LogP contribution in [0.5, 0.6) is 0 Å². The zero-order valence-corrected chi connectivity index (χ0v) is 8.60. The van der Waals surface area contributed by atoms with Crippen LogP contribution in [0.15, 0.2) is 30.4 Å². The molecule has 0 aromatic heterocycles. The van der Waals surface area contributed by atoms with Gasteiger partial charge >= 0.3 is 5.97 Å². The predicted octanol–water partition coefficient (Wildman–Crippen LogP) is 2.07. The Bertz CT molecular complexity index is 416. The van der Waals surface area contributed by atoms with Gasteiger partial charge in [0.05, 0.1) is 5.56 Å². The molecule has 0 saturated heterocycles. The molecule has 15 heavy (non-hydrogen) atoms. The average molecular weight is 203 g/mol. The second-order valence-electron chi connectivity index (χ2n) is 3.63. The van der Waals surface area contributed by atoms with Gasteiger partial charge in [-0.05, 0) is 24.6 Å². The van der Waals surface area contributed by atoms with E-state index in [4.69, 9.17) is 5.11 Å². The minimum absolute atomic E-state index is 0.388. The largest absolute Gasteiger partial charge is 0.478 e. The van der Waals surface area contributed by atoms with Gasteiger partial charge in [-0.1, -0.05) is 18.2 Å². The Labute approximate surface area is 88.6 Å². The number of rotatable bonds is 2. The number of benzene rings is 1. The SMILES string of the molecule is Cc1c(C(=O)O)cccc1N1CC=CC1. The molecular weight excluding hydrogens is 190 g/mol. The third-order valence-electron chi connectivity index (χ3n) is 2.69. The molecule has 0 bridgehead atoms. The van der Waals surface area contributed by atoms with Gasteiger partial charge in [-0.25, -0.2) is 4.79 Å². The van der Waals surface area contributed by atoms with Crippen LogP contribution in [0.4, 0.5) is 5.69 Å². The van der Waals surface area contributed by atoms with Crippen molar-refractivity contribution in [1.82, 2.24) is 0 Å². The number of aromatic carboxylic acids is 1. The highest BCUT2D eigenvalue weighted by Crippen LogP contribution is 2.24. The normalized spacial score (nSPS) is 14.6. The number of nitrogens with zero attached hydrogens (tertiary/aromatic N) is 1. The Morgan fingerprint density at radius 2 is 2.00 bits per heavy atom. The lowest BCUT2D eigenvalue weighted by atomic mass is 10.1. The first-order valence-electron chi connectivity index (χ1n) is 4.93. The van der Waals surface area contributed by atoms with E-state index in [1.165, 1.54) is 0 Å². The molecule has 0 atom stereocenters. The molecule has 2 rings (SSSR count). The zero-order valence-electron chi connectivity index (χ0n) is 8.60. The first kappa shape index (κ1) is 9.77. The standard InChI is InChI=1S/C12H13NO2/c1-9-10(12(14)15)5-4-6-11(9)13-7-2-3-8-13/h2-6H,7-8H2,1H3,(H,14,15). The summed E-state index contributed by atoms with van der Waals surface area (Å²) in [5, 5.41) is 9.00. The van der Waals surface area contributed by atoms with Crippen molar-refractivity contribution in [2.75, 3.05) is 18.0 Å². The Morgan fingerprint density at radius 1 is 1.33 bits per heavy atom. The van der Waals surface area contributed by atoms with Crippen molar-refractivity contribution in [2.45, 2.75) is 6.92 Å². The molecule has 0 aliphatic carbocycles. The zero-order chi connectivity index (χ0) is 10.8. The summed E-state index contributed by atoms with van der Waals surface area (Å²) in [5.74, 6) is -0.860. The van der Waals surface area contributed by atoms with E-state index >= 15 is 0 Å². The Hall–Kier alpha value is -1.77. The molecule has 0 saturated carbocycles. The molecule has 1 aromatic carbocycles. The van der Waals surface area contributed by atoms with Gasteiger partial charge in [-0.2, -0.15) is 0 Å². The average Bonchev–Trinajstić information content (AvgIpc) is 2.70. The smallest absolute Gasteiger partial charge is 0.336 e. The molecule has 1 N–H and O–H groups in total. The molecule has 0 fully saturated rings. The summed E-state index contributed by atoms with van der Waals surface area (Å²) in [6.45, 7) is 3.59. The van der Waals surface area contributed by atoms with Crippen molar-refractivity contribution in [3.63, 3.8) is 0 Å². The number of carbonyl (C=O) groups is 1. The lowest BCUT2D eigenvalue weighted by Crippen LogP contribution is -2.20. The highest BCUT2D eigenvalue weighted by atomic mass is 16.4. The highest BCUT2D eigenvalue weighted by molar-refractivity contribution is 5.91. The summed E-state index contributed by atoms with van der Waals surface area (Å²) in [6, 6.07) is 5.41. The van der Waals surface area contributed by atoms with Gasteiger partial charge in [0.25, 0.3) is 0 Å². The molecule has 0 spiro atoms. The molecule has 0 unspecified atom stereocenters. The fourth-order valence-corrected chi connectivity index (χ4v) is 1.87. The lowest BCUT2D eigenvalue weighted by molar-refractivity contribution is 0.0696. The molecule has 1 heterocycles. The van der Waals surface area contributed by atoms with Gasteiger partial charge < -0.3 is 10.0 Å². The van der Waals surface area contributed by atoms with Crippen LogP contribution in [0.3, 0.4) is 0 Å². The molecule has 1 aromatic rings. The maximum Gasteiger partial charge on any atom is 0.336 e. The van der Waals surface area contributed by atoms with Crippen LogP contribution in [0.1, 0.15) is 15.9 Å². The van der Waals surface area contributed by atoms with Crippen LogP contribution in [0.25, 0.3) is 0 Å². The van der Waals surface area contributed by atoms with E-state index in [1.54, 1.807) is 12.1 Å². The molecule has 0 amide bonds.